The number of aryl methyl sites for hydroxylation is 3. The molecule has 0 saturated heterocycles. The zero-order chi connectivity index (χ0) is 27.1. The van der Waals surface area contributed by atoms with E-state index in [1.807, 2.05) is 0 Å². The van der Waals surface area contributed by atoms with Gasteiger partial charge in [-0.2, -0.15) is 11.1 Å². The smallest absolute Gasteiger partial charge is 1.00 e. The number of methoxy groups -OCH3 is 3. The van der Waals surface area contributed by atoms with Gasteiger partial charge >= 0.3 is 21.7 Å². The maximum atomic E-state index is 5.84. The van der Waals surface area contributed by atoms with E-state index in [0.29, 0.717) is 0 Å². The predicted octanol–water partition coefficient (Wildman–Crippen LogP) is -3.02. The van der Waals surface area contributed by atoms with E-state index in [1.165, 1.54) is 49.0 Å². The first kappa shape index (κ1) is 39.3. The van der Waals surface area contributed by atoms with E-state index in [1.54, 1.807) is 21.3 Å². The fraction of sp³-hybridized carbons (Fsp3) is 0.333. The zero-order valence-electron chi connectivity index (χ0n) is 25.6. The fourth-order valence-electron chi connectivity index (χ4n) is 6.21. The summed E-state index contributed by atoms with van der Waals surface area (Å²) in [6, 6.07) is 20.1. The van der Waals surface area contributed by atoms with Crippen LogP contribution in [-0.4, -0.2) is 29.4 Å². The number of ether oxygens (including phenoxy) is 3. The molecule has 1 unspecified atom stereocenters. The van der Waals surface area contributed by atoms with Crippen molar-refractivity contribution in [2.45, 2.75) is 53.5 Å². The first-order valence-electron chi connectivity index (χ1n) is 12.8. The van der Waals surface area contributed by atoms with Gasteiger partial charge in [0.25, 0.3) is 0 Å². The van der Waals surface area contributed by atoms with E-state index in [-0.39, 0.29) is 64.0 Å². The number of allylic oxidation sites excluding steroid dienone is 4. The number of rotatable bonds is 7. The van der Waals surface area contributed by atoms with Crippen LogP contribution in [0.25, 0.3) is 0 Å². The molecule has 0 radical (unpaired) electrons. The first-order chi connectivity index (χ1) is 17.5. The SMILES string of the molecule is COc1cc(C)cc([Si](c2cc(C)cc(OC)c2)(c2cc(C)cc(OC)c2)C2(C)[C-]=C(C)C(C)=C2C)c1.[Cl-].[Cl-].[Cl-].[Ti+4]. The van der Waals surface area contributed by atoms with Crippen LogP contribution in [0.4, 0.5) is 0 Å². The van der Waals surface area contributed by atoms with Gasteiger partial charge in [-0.3, -0.25) is 6.08 Å². The molecule has 3 aromatic rings. The topological polar surface area (TPSA) is 27.7 Å². The molecule has 0 spiro atoms. The number of halogens is 3. The molecule has 0 aromatic heterocycles. The summed E-state index contributed by atoms with van der Waals surface area (Å²) in [5.41, 5.74) is 7.41. The van der Waals surface area contributed by atoms with E-state index in [0.717, 1.165) is 17.2 Å². The minimum atomic E-state index is -2.93. The van der Waals surface area contributed by atoms with Gasteiger partial charge in [-0.15, -0.1) is 6.92 Å². The third-order valence-electron chi connectivity index (χ3n) is 8.22. The van der Waals surface area contributed by atoms with Gasteiger partial charge in [0.15, 0.2) is 0 Å². The Morgan fingerprint density at radius 1 is 0.561 bits per heavy atom. The molecule has 3 aromatic carbocycles. The maximum absolute atomic E-state index is 5.84. The summed E-state index contributed by atoms with van der Waals surface area (Å²) < 4.78 is 17.5. The van der Waals surface area contributed by atoms with Crippen molar-refractivity contribution in [3.05, 3.63) is 94.1 Å². The molecular formula is C33H39Cl3O3SiTi. The van der Waals surface area contributed by atoms with Crippen LogP contribution < -0.4 is 67.0 Å². The van der Waals surface area contributed by atoms with Crippen molar-refractivity contribution in [3.63, 3.8) is 0 Å². The van der Waals surface area contributed by atoms with Crippen molar-refractivity contribution in [2.24, 2.45) is 0 Å². The second-order valence-electron chi connectivity index (χ2n) is 10.6. The van der Waals surface area contributed by atoms with Crippen molar-refractivity contribution >= 4 is 23.6 Å². The Morgan fingerprint density at radius 2 is 0.878 bits per heavy atom. The molecule has 0 aliphatic heterocycles. The largest absolute Gasteiger partial charge is 4.00 e. The van der Waals surface area contributed by atoms with Crippen LogP contribution in [0.2, 0.25) is 5.04 Å². The average molecular weight is 666 g/mol. The van der Waals surface area contributed by atoms with Crippen LogP contribution in [0.5, 0.6) is 17.2 Å². The molecule has 3 nitrogen and oxygen atoms in total. The molecule has 1 aliphatic carbocycles. The van der Waals surface area contributed by atoms with E-state index in [4.69, 9.17) is 14.2 Å². The van der Waals surface area contributed by atoms with Gasteiger partial charge in [-0.25, -0.2) is 5.57 Å². The summed E-state index contributed by atoms with van der Waals surface area (Å²) in [5, 5.41) is 3.47. The summed E-state index contributed by atoms with van der Waals surface area (Å²) in [6.45, 7) is 15.5. The van der Waals surface area contributed by atoms with Crippen LogP contribution in [0.15, 0.2) is 71.3 Å². The van der Waals surface area contributed by atoms with Gasteiger partial charge in [0.05, 0.1) is 21.3 Å². The minimum Gasteiger partial charge on any atom is -1.00 e. The van der Waals surface area contributed by atoms with E-state index in [9.17, 15) is 0 Å². The molecule has 8 heteroatoms. The predicted molar refractivity (Wildman–Crippen MR) is 157 cm³/mol. The second kappa shape index (κ2) is 15.2. The fourth-order valence-corrected chi connectivity index (χ4v) is 12.5. The summed E-state index contributed by atoms with van der Waals surface area (Å²) in [4.78, 5) is 0. The monoisotopic (exact) mass is 664 g/mol. The van der Waals surface area contributed by atoms with Crippen LogP contribution in [0.3, 0.4) is 0 Å². The van der Waals surface area contributed by atoms with Gasteiger partial charge in [-0.05, 0) is 89.4 Å². The van der Waals surface area contributed by atoms with Crippen molar-refractivity contribution in [2.75, 3.05) is 21.3 Å². The molecule has 0 saturated carbocycles. The van der Waals surface area contributed by atoms with Crippen molar-refractivity contribution in [1.29, 1.82) is 0 Å². The third kappa shape index (κ3) is 6.79. The van der Waals surface area contributed by atoms with E-state index >= 15 is 0 Å². The van der Waals surface area contributed by atoms with Crippen molar-refractivity contribution in [1.82, 2.24) is 0 Å². The van der Waals surface area contributed by atoms with E-state index < -0.39 is 8.07 Å². The zero-order valence-corrected chi connectivity index (χ0v) is 30.4. The molecule has 41 heavy (non-hydrogen) atoms. The molecule has 0 heterocycles. The minimum absolute atomic E-state index is 0. The van der Waals surface area contributed by atoms with E-state index in [2.05, 4.69) is 109 Å². The average Bonchev–Trinajstić information content (AvgIpc) is 3.06. The number of benzene rings is 3. The second-order valence-corrected chi connectivity index (χ2v) is 14.8. The van der Waals surface area contributed by atoms with Crippen LogP contribution in [0, 0.1) is 26.8 Å². The Bertz CT molecular complexity index is 1310. The summed E-state index contributed by atoms with van der Waals surface area (Å²) in [5.74, 6) is 2.60. The third-order valence-corrected chi connectivity index (χ3v) is 13.7. The standard InChI is InChI=1S/C33H39O3Si.3ClH.Ti/c1-21-11-27(34-8)17-30(14-21)37(31-15-22(2)12-28(18-31)35-9,32-16-23(3)13-29(19-32)36-10)33(7)20-24(4)25(5)26(33)6;;;;/h11-19H,1-10H3;3*1H;/q-1;;;;+4/p-3. The van der Waals surface area contributed by atoms with Gasteiger partial charge in [0, 0.05) is 0 Å². The molecule has 1 atom stereocenters. The molecule has 218 valence electrons. The van der Waals surface area contributed by atoms with Gasteiger partial charge < -0.3 is 51.4 Å². The van der Waals surface area contributed by atoms with Crippen molar-refractivity contribution in [3.8, 4) is 17.2 Å². The van der Waals surface area contributed by atoms with Gasteiger partial charge in [0.2, 0.25) is 0 Å². The molecule has 1 aliphatic rings. The molecule has 4 rings (SSSR count). The quantitative estimate of drug-likeness (QED) is 0.153. The van der Waals surface area contributed by atoms with Crippen LogP contribution in [0.1, 0.15) is 44.4 Å². The Hall–Kier alpha value is -1.66. The summed E-state index contributed by atoms with van der Waals surface area (Å²) >= 11 is 0. The Balaban J connectivity index is 0.00000400. The van der Waals surface area contributed by atoms with Gasteiger partial charge in [0.1, 0.15) is 25.3 Å². The Morgan fingerprint density at radius 3 is 1.12 bits per heavy atom. The maximum Gasteiger partial charge on any atom is 4.00 e. The molecule has 0 amide bonds. The molecule has 0 N–H and O–H groups in total. The van der Waals surface area contributed by atoms with Gasteiger partial charge in [-0.1, -0.05) is 44.0 Å². The van der Waals surface area contributed by atoms with Crippen LogP contribution >= 0.6 is 0 Å². The van der Waals surface area contributed by atoms with Crippen molar-refractivity contribution < 1.29 is 73.1 Å². The summed E-state index contributed by atoms with van der Waals surface area (Å²) in [7, 11) is 2.31. The molecule has 0 bridgehead atoms. The number of hydrogen-bond donors (Lipinski definition) is 0. The number of hydrogen-bond acceptors (Lipinski definition) is 3. The Labute approximate surface area is 281 Å². The Kier molecular flexibility index (Phi) is 14.6. The first-order valence-corrected chi connectivity index (χ1v) is 14.8. The molecular weight excluding hydrogens is 627 g/mol. The summed E-state index contributed by atoms with van der Waals surface area (Å²) in [6.07, 6.45) is 4.02. The molecule has 0 fully saturated rings. The van der Waals surface area contributed by atoms with Crippen LogP contribution in [-0.2, 0) is 21.7 Å². The normalized spacial score (nSPS) is 15.9.